The number of amides is 1. The fourth-order valence-electron chi connectivity index (χ4n) is 5.79. The summed E-state index contributed by atoms with van der Waals surface area (Å²) >= 11 is 0. The number of sulfonamides is 1. The number of nitrogens with zero attached hydrogens (tertiary/aromatic N) is 3. The predicted molar refractivity (Wildman–Crippen MR) is 172 cm³/mol. The molecule has 0 radical (unpaired) electrons. The molecular weight excluding hydrogens is 558 g/mol. The molecule has 232 valence electrons. The van der Waals surface area contributed by atoms with Gasteiger partial charge in [-0.2, -0.15) is 0 Å². The van der Waals surface area contributed by atoms with E-state index < -0.39 is 10.0 Å². The van der Waals surface area contributed by atoms with Crippen LogP contribution in [0.3, 0.4) is 0 Å². The highest BCUT2D eigenvalue weighted by atomic mass is 32.2. The minimum absolute atomic E-state index is 0.0628. The van der Waals surface area contributed by atoms with E-state index in [0.29, 0.717) is 17.4 Å². The largest absolute Gasteiger partial charge is 0.445 e. The first-order valence-electron chi connectivity index (χ1n) is 15.4. The van der Waals surface area contributed by atoms with Crippen LogP contribution in [0.4, 0.5) is 4.79 Å². The molecule has 4 rings (SSSR count). The normalized spacial score (nSPS) is 16.2. The van der Waals surface area contributed by atoms with Crippen molar-refractivity contribution in [3.63, 3.8) is 0 Å². The molecular formula is C35H47N3O4S. The van der Waals surface area contributed by atoms with Crippen LogP contribution in [0, 0.1) is 5.92 Å². The second kappa shape index (κ2) is 15.5. The van der Waals surface area contributed by atoms with E-state index in [9.17, 15) is 13.2 Å². The molecule has 8 heteroatoms. The molecule has 0 aromatic heterocycles. The van der Waals surface area contributed by atoms with E-state index in [1.807, 2.05) is 59.5 Å². The molecule has 1 fully saturated rings. The Hall–Kier alpha value is -3.20. The summed E-state index contributed by atoms with van der Waals surface area (Å²) in [5.41, 5.74) is 2.13. The van der Waals surface area contributed by atoms with Gasteiger partial charge in [-0.25, -0.2) is 17.5 Å². The number of carbonyl (C=O) groups excluding carboxylic acids is 1. The molecule has 1 saturated heterocycles. The maximum atomic E-state index is 13.3. The fraction of sp³-hybridized carbons (Fsp3) is 0.457. The summed E-state index contributed by atoms with van der Waals surface area (Å²) in [5, 5.41) is 0. The lowest BCUT2D eigenvalue weighted by Gasteiger charge is -2.42. The van der Waals surface area contributed by atoms with Crippen molar-refractivity contribution in [2.24, 2.45) is 5.92 Å². The van der Waals surface area contributed by atoms with Crippen LogP contribution in [0.2, 0.25) is 0 Å². The molecule has 0 bridgehead atoms. The Morgan fingerprint density at radius 3 is 2.02 bits per heavy atom. The number of piperidine rings is 1. The van der Waals surface area contributed by atoms with E-state index in [1.54, 1.807) is 31.3 Å². The number of hydrogen-bond donors (Lipinski definition) is 0. The lowest BCUT2D eigenvalue weighted by molar-refractivity contribution is 0.0336. The van der Waals surface area contributed by atoms with Crippen molar-refractivity contribution < 1.29 is 17.9 Å². The summed E-state index contributed by atoms with van der Waals surface area (Å²) in [6.45, 7) is 9.73. The first-order chi connectivity index (χ1) is 20.7. The van der Waals surface area contributed by atoms with E-state index in [1.165, 1.54) is 4.31 Å². The quantitative estimate of drug-likeness (QED) is 0.219. The van der Waals surface area contributed by atoms with Crippen LogP contribution in [0.5, 0.6) is 0 Å². The summed E-state index contributed by atoms with van der Waals surface area (Å²) in [4.78, 5) is 18.1. The molecule has 1 amide bonds. The number of hydrogen-bond acceptors (Lipinski definition) is 5. The van der Waals surface area contributed by atoms with Gasteiger partial charge in [0.2, 0.25) is 10.0 Å². The zero-order chi connectivity index (χ0) is 30.8. The highest BCUT2D eigenvalue weighted by molar-refractivity contribution is 7.89. The van der Waals surface area contributed by atoms with Gasteiger partial charge in [-0.3, -0.25) is 0 Å². The summed E-state index contributed by atoms with van der Waals surface area (Å²) in [6, 6.07) is 28.8. The Labute approximate surface area is 258 Å². The van der Waals surface area contributed by atoms with Crippen LogP contribution in [-0.2, 0) is 21.4 Å². The number of benzene rings is 3. The Morgan fingerprint density at radius 1 is 0.884 bits per heavy atom. The SMILES string of the molecule is CC(C)C(C)N(C(=O)OCc1ccccc1)C1CCN(CCC(CN(C)S(=O)(=O)c2ccccc2)c2ccccc2)CC1. The summed E-state index contributed by atoms with van der Waals surface area (Å²) < 4.78 is 33.8. The van der Waals surface area contributed by atoms with Gasteiger partial charge in [0.25, 0.3) is 0 Å². The van der Waals surface area contributed by atoms with Crippen LogP contribution >= 0.6 is 0 Å². The number of likely N-dealkylation sites (N-methyl/N-ethyl adjacent to an activating group) is 1. The number of rotatable bonds is 13. The van der Waals surface area contributed by atoms with E-state index in [2.05, 4.69) is 37.8 Å². The number of ether oxygens (including phenoxy) is 1. The molecule has 0 spiro atoms. The Morgan fingerprint density at radius 2 is 1.44 bits per heavy atom. The Kier molecular flexibility index (Phi) is 11.8. The van der Waals surface area contributed by atoms with Crippen molar-refractivity contribution in [1.82, 2.24) is 14.1 Å². The average molecular weight is 606 g/mol. The maximum Gasteiger partial charge on any atom is 0.410 e. The first-order valence-corrected chi connectivity index (χ1v) is 16.9. The third kappa shape index (κ3) is 8.91. The monoisotopic (exact) mass is 605 g/mol. The van der Waals surface area contributed by atoms with Crippen molar-refractivity contribution in [2.45, 2.75) is 69.5 Å². The standard InChI is InChI=1S/C35H47N3O4S/c1-28(2)29(3)38(35(39)42-27-30-14-8-5-9-15-30)33-21-24-37(25-22-33)23-20-32(31-16-10-6-11-17-31)26-36(4)43(40,41)34-18-12-7-13-19-34/h5-19,28-29,32-33H,20-27H2,1-4H3. The van der Waals surface area contributed by atoms with E-state index >= 15 is 0 Å². The third-order valence-electron chi connectivity index (χ3n) is 8.76. The summed E-state index contributed by atoms with van der Waals surface area (Å²) in [7, 11) is -1.91. The van der Waals surface area contributed by atoms with E-state index in [4.69, 9.17) is 4.74 Å². The Balaban J connectivity index is 1.37. The minimum atomic E-state index is -3.58. The molecule has 1 heterocycles. The van der Waals surface area contributed by atoms with Crippen molar-refractivity contribution in [3.8, 4) is 0 Å². The van der Waals surface area contributed by atoms with Gasteiger partial charge < -0.3 is 14.5 Å². The highest BCUT2D eigenvalue weighted by Crippen LogP contribution is 2.27. The summed E-state index contributed by atoms with van der Waals surface area (Å²) in [6.07, 6.45) is 2.37. The van der Waals surface area contributed by atoms with Gasteiger partial charge in [0, 0.05) is 38.8 Å². The second-order valence-electron chi connectivity index (χ2n) is 12.0. The second-order valence-corrected chi connectivity index (χ2v) is 14.0. The summed E-state index contributed by atoms with van der Waals surface area (Å²) in [5.74, 6) is 0.380. The molecule has 0 saturated carbocycles. The van der Waals surface area contributed by atoms with Gasteiger partial charge >= 0.3 is 6.09 Å². The van der Waals surface area contributed by atoms with Gasteiger partial charge in [0.15, 0.2) is 0 Å². The molecule has 2 unspecified atom stereocenters. The zero-order valence-electron chi connectivity index (χ0n) is 26.0. The molecule has 1 aliphatic rings. The molecule has 43 heavy (non-hydrogen) atoms. The average Bonchev–Trinajstić information content (AvgIpc) is 3.03. The number of carbonyl (C=O) groups is 1. The molecule has 2 atom stereocenters. The zero-order valence-corrected chi connectivity index (χ0v) is 26.8. The smallest absolute Gasteiger partial charge is 0.410 e. The first kappa shape index (κ1) is 32.7. The highest BCUT2D eigenvalue weighted by Gasteiger charge is 2.34. The minimum Gasteiger partial charge on any atom is -0.445 e. The van der Waals surface area contributed by atoms with Crippen molar-refractivity contribution in [3.05, 3.63) is 102 Å². The van der Waals surface area contributed by atoms with Gasteiger partial charge in [-0.1, -0.05) is 92.7 Å². The number of likely N-dealkylation sites (tertiary alicyclic amines) is 1. The van der Waals surface area contributed by atoms with E-state index in [-0.39, 0.29) is 30.7 Å². The maximum absolute atomic E-state index is 13.3. The lowest BCUT2D eigenvalue weighted by atomic mass is 9.94. The van der Waals surface area contributed by atoms with Gasteiger partial charge in [0.1, 0.15) is 6.61 Å². The van der Waals surface area contributed by atoms with Crippen LogP contribution in [0.15, 0.2) is 95.9 Å². The van der Waals surface area contributed by atoms with Gasteiger partial charge in [0.05, 0.1) is 4.90 Å². The predicted octanol–water partition coefficient (Wildman–Crippen LogP) is 6.63. The van der Waals surface area contributed by atoms with E-state index in [0.717, 1.165) is 50.0 Å². The van der Waals surface area contributed by atoms with Gasteiger partial charge in [-0.15, -0.1) is 0 Å². The lowest BCUT2D eigenvalue weighted by Crippen LogP contribution is -2.52. The van der Waals surface area contributed by atoms with Crippen LogP contribution in [0.25, 0.3) is 0 Å². The molecule has 3 aromatic rings. The van der Waals surface area contributed by atoms with Gasteiger partial charge in [-0.05, 0) is 67.8 Å². The molecule has 0 N–H and O–H groups in total. The Bertz CT molecular complexity index is 1360. The molecule has 7 nitrogen and oxygen atoms in total. The topological polar surface area (TPSA) is 70.2 Å². The van der Waals surface area contributed by atoms with Crippen LogP contribution in [-0.4, -0.2) is 73.9 Å². The van der Waals surface area contributed by atoms with Crippen LogP contribution in [0.1, 0.15) is 57.1 Å². The fourth-order valence-corrected chi connectivity index (χ4v) is 7.03. The van der Waals surface area contributed by atoms with Crippen molar-refractivity contribution >= 4 is 16.1 Å². The van der Waals surface area contributed by atoms with Crippen LogP contribution < -0.4 is 0 Å². The molecule has 3 aromatic carbocycles. The van der Waals surface area contributed by atoms with Crippen molar-refractivity contribution in [2.75, 3.05) is 33.2 Å². The third-order valence-corrected chi connectivity index (χ3v) is 10.6. The van der Waals surface area contributed by atoms with Crippen molar-refractivity contribution in [1.29, 1.82) is 0 Å². The molecule has 0 aliphatic carbocycles. The molecule has 1 aliphatic heterocycles.